The summed E-state index contributed by atoms with van der Waals surface area (Å²) in [7, 11) is 0. The molecule has 60 heavy (non-hydrogen) atoms. The summed E-state index contributed by atoms with van der Waals surface area (Å²) in [5, 5.41) is 7.30. The van der Waals surface area contributed by atoms with Gasteiger partial charge in [-0.3, -0.25) is 9.36 Å². The molecular weight excluding hydrogens is 735 g/mol. The molecule has 0 fully saturated rings. The molecular formula is C55H33N3O2. The van der Waals surface area contributed by atoms with Crippen LogP contribution in [0, 0.1) is 0 Å². The van der Waals surface area contributed by atoms with Crippen LogP contribution in [0.25, 0.3) is 105 Å². The molecule has 12 aromatic rings. The van der Waals surface area contributed by atoms with Gasteiger partial charge in [-0.25, -0.2) is 0 Å². The number of hydrogen-bond acceptors (Lipinski definition) is 2. The minimum absolute atomic E-state index is 0.0605. The molecule has 4 heterocycles. The van der Waals surface area contributed by atoms with Gasteiger partial charge >= 0.3 is 0 Å². The van der Waals surface area contributed by atoms with Gasteiger partial charge in [-0.15, -0.1) is 0 Å². The van der Waals surface area contributed by atoms with Gasteiger partial charge in [0.15, 0.2) is 11.5 Å². The van der Waals surface area contributed by atoms with Gasteiger partial charge in [0.2, 0.25) is 0 Å². The molecule has 0 N–H and O–H groups in total. The summed E-state index contributed by atoms with van der Waals surface area (Å²) in [5.74, 6) is 1.30. The van der Waals surface area contributed by atoms with Crippen molar-refractivity contribution in [1.82, 2.24) is 13.7 Å². The Bertz CT molecular complexity index is 3820. The maximum atomic E-state index is 14.5. The Morgan fingerprint density at radius 2 is 0.767 bits per heavy atom. The van der Waals surface area contributed by atoms with Crippen molar-refractivity contribution in [3.05, 3.63) is 211 Å². The monoisotopic (exact) mass is 767 g/mol. The number of pyridine rings is 1. The normalized spacial score (nSPS) is 12.2. The summed E-state index contributed by atoms with van der Waals surface area (Å²) in [4.78, 5) is 14.5. The third kappa shape index (κ3) is 4.66. The van der Waals surface area contributed by atoms with E-state index in [0.29, 0.717) is 16.9 Å². The average Bonchev–Trinajstić information content (AvgIpc) is 3.82. The van der Waals surface area contributed by atoms with Crippen molar-refractivity contribution in [3.8, 4) is 50.8 Å². The van der Waals surface area contributed by atoms with E-state index >= 15 is 0 Å². The molecule has 0 saturated heterocycles. The Balaban J connectivity index is 0.992. The number of rotatable bonds is 4. The first-order valence-corrected chi connectivity index (χ1v) is 20.3. The summed E-state index contributed by atoms with van der Waals surface area (Å²) >= 11 is 0. The zero-order chi connectivity index (χ0) is 39.5. The molecule has 0 saturated carbocycles. The molecule has 1 aliphatic rings. The lowest BCUT2D eigenvalue weighted by Crippen LogP contribution is -2.22. The summed E-state index contributed by atoms with van der Waals surface area (Å²) in [6.07, 6.45) is 0. The highest BCUT2D eigenvalue weighted by molar-refractivity contribution is 6.13. The van der Waals surface area contributed by atoms with Crippen LogP contribution >= 0.6 is 0 Å². The van der Waals surface area contributed by atoms with Gasteiger partial charge in [-0.05, 0) is 119 Å². The van der Waals surface area contributed by atoms with Crippen molar-refractivity contribution in [2.45, 2.75) is 0 Å². The molecule has 0 bridgehead atoms. The smallest absolute Gasteiger partial charge is 0.263 e. The molecule has 0 aliphatic carbocycles. The first-order chi connectivity index (χ1) is 29.7. The first kappa shape index (κ1) is 32.9. The van der Waals surface area contributed by atoms with Crippen LogP contribution in [0.1, 0.15) is 0 Å². The van der Waals surface area contributed by atoms with Gasteiger partial charge in [0.25, 0.3) is 5.56 Å². The Morgan fingerprint density at radius 3 is 1.38 bits per heavy atom. The molecule has 9 aromatic carbocycles. The quantitative estimate of drug-likeness (QED) is 0.167. The highest BCUT2D eigenvalue weighted by Gasteiger charge is 2.26. The SMILES string of the molecule is O=c1c2ccccc2c2cc(-c3ccc4c(c3)c3ccccc3n4-c3ccccc3)cc3c2n1-c1ccc(-c2ccc4c(c2)c2ccccc2n4-c2ccccc2)cc1O3. The maximum Gasteiger partial charge on any atom is 0.263 e. The fourth-order valence-electron chi connectivity index (χ4n) is 9.74. The molecule has 0 atom stereocenters. The van der Waals surface area contributed by atoms with Crippen LogP contribution in [0.2, 0.25) is 0 Å². The summed E-state index contributed by atoms with van der Waals surface area (Å²) < 4.78 is 13.5. The van der Waals surface area contributed by atoms with Crippen molar-refractivity contribution in [1.29, 1.82) is 0 Å². The van der Waals surface area contributed by atoms with E-state index in [1.165, 1.54) is 21.5 Å². The minimum Gasteiger partial charge on any atom is -0.453 e. The van der Waals surface area contributed by atoms with Gasteiger partial charge in [-0.1, -0.05) is 109 Å². The first-order valence-electron chi connectivity index (χ1n) is 20.3. The highest BCUT2D eigenvalue weighted by atomic mass is 16.5. The number of benzene rings is 9. The van der Waals surface area contributed by atoms with E-state index in [1.54, 1.807) is 0 Å². The Hall–Kier alpha value is -8.15. The van der Waals surface area contributed by atoms with E-state index in [-0.39, 0.29) is 5.56 Å². The molecule has 5 heteroatoms. The second-order valence-electron chi connectivity index (χ2n) is 15.7. The third-order valence-corrected chi connectivity index (χ3v) is 12.4. The zero-order valence-electron chi connectivity index (χ0n) is 32.2. The van der Waals surface area contributed by atoms with E-state index in [4.69, 9.17) is 4.74 Å². The van der Waals surface area contributed by atoms with Crippen LogP contribution in [0.4, 0.5) is 0 Å². The lowest BCUT2D eigenvalue weighted by molar-refractivity contribution is 0.474. The molecule has 0 spiro atoms. The number of ether oxygens (including phenoxy) is 1. The summed E-state index contributed by atoms with van der Waals surface area (Å²) in [6, 6.07) is 70.1. The summed E-state index contributed by atoms with van der Waals surface area (Å²) in [6.45, 7) is 0. The fraction of sp³-hybridized carbons (Fsp3) is 0. The van der Waals surface area contributed by atoms with Crippen molar-refractivity contribution in [2.75, 3.05) is 0 Å². The summed E-state index contributed by atoms with van der Waals surface area (Å²) in [5.41, 5.74) is 12.5. The van der Waals surface area contributed by atoms with Gasteiger partial charge in [-0.2, -0.15) is 0 Å². The van der Waals surface area contributed by atoms with E-state index in [1.807, 2.05) is 34.9 Å². The lowest BCUT2D eigenvalue weighted by Gasteiger charge is -2.25. The topological polar surface area (TPSA) is 41.1 Å². The lowest BCUT2D eigenvalue weighted by atomic mass is 9.96. The third-order valence-electron chi connectivity index (χ3n) is 12.4. The molecule has 0 radical (unpaired) electrons. The number of nitrogens with zero attached hydrogens (tertiary/aromatic N) is 3. The van der Waals surface area contributed by atoms with E-state index in [9.17, 15) is 4.79 Å². The van der Waals surface area contributed by atoms with Crippen molar-refractivity contribution >= 4 is 65.3 Å². The van der Waals surface area contributed by atoms with Crippen LogP contribution in [-0.4, -0.2) is 13.7 Å². The molecule has 3 aromatic heterocycles. The predicted molar refractivity (Wildman–Crippen MR) is 247 cm³/mol. The van der Waals surface area contributed by atoms with E-state index < -0.39 is 0 Å². The van der Waals surface area contributed by atoms with Crippen molar-refractivity contribution in [2.24, 2.45) is 0 Å². The number of aromatic nitrogens is 3. The number of hydrogen-bond donors (Lipinski definition) is 0. The molecule has 1 aliphatic heterocycles. The van der Waals surface area contributed by atoms with Gasteiger partial charge in [0.05, 0.1) is 33.3 Å². The van der Waals surface area contributed by atoms with Gasteiger partial charge in [0.1, 0.15) is 0 Å². The van der Waals surface area contributed by atoms with Crippen molar-refractivity contribution in [3.63, 3.8) is 0 Å². The van der Waals surface area contributed by atoms with Crippen LogP contribution in [0.5, 0.6) is 11.5 Å². The average molecular weight is 768 g/mol. The van der Waals surface area contributed by atoms with Crippen LogP contribution in [0.15, 0.2) is 205 Å². The predicted octanol–water partition coefficient (Wildman–Crippen LogP) is 13.8. The Labute approximate surface area is 343 Å². The maximum absolute atomic E-state index is 14.5. The number of para-hydroxylation sites is 4. The Morgan fingerprint density at radius 1 is 0.317 bits per heavy atom. The molecule has 5 nitrogen and oxygen atoms in total. The molecule has 0 amide bonds. The minimum atomic E-state index is -0.0605. The zero-order valence-corrected chi connectivity index (χ0v) is 32.2. The van der Waals surface area contributed by atoms with Crippen molar-refractivity contribution < 1.29 is 4.74 Å². The molecule has 0 unspecified atom stereocenters. The van der Waals surface area contributed by atoms with E-state index in [0.717, 1.165) is 77.7 Å². The van der Waals surface area contributed by atoms with Gasteiger partial charge in [0, 0.05) is 43.7 Å². The van der Waals surface area contributed by atoms with Crippen LogP contribution in [-0.2, 0) is 0 Å². The number of fused-ring (bicyclic) bond motifs is 10. The Kier molecular flexibility index (Phi) is 6.81. The molecule has 280 valence electrons. The standard InChI is InChI=1S/C55H33N3O2/c59-55-43-20-8-7-17-40(43)46-31-37(35-24-27-50-45(30-35)42-19-10-12-22-48(42)57(50)39-15-5-2-6-16-39)33-53-54(46)58(55)51-28-25-36(32-52(51)60-53)34-23-26-49-44(29-34)41-18-9-11-21-47(41)56(49)38-13-3-1-4-14-38/h1-33H. The second kappa shape index (κ2) is 12.4. The highest BCUT2D eigenvalue weighted by Crippen LogP contribution is 2.46. The van der Waals surface area contributed by atoms with Crippen LogP contribution in [0.3, 0.4) is 0 Å². The molecule has 13 rings (SSSR count). The second-order valence-corrected chi connectivity index (χ2v) is 15.7. The van der Waals surface area contributed by atoms with Gasteiger partial charge < -0.3 is 13.9 Å². The fourth-order valence-corrected chi connectivity index (χ4v) is 9.74. The van der Waals surface area contributed by atoms with Crippen LogP contribution < -0.4 is 10.3 Å². The largest absolute Gasteiger partial charge is 0.453 e. The van der Waals surface area contributed by atoms with E-state index in [2.05, 4.69) is 179 Å².